The van der Waals surface area contributed by atoms with E-state index >= 15 is 0 Å². The lowest BCUT2D eigenvalue weighted by atomic mass is 10.5. The van der Waals surface area contributed by atoms with Crippen molar-refractivity contribution >= 4 is 28.8 Å². The predicted molar refractivity (Wildman–Crippen MR) is 55.5 cm³/mol. The number of rotatable bonds is 1. The number of hydrogen-bond donors (Lipinski definition) is 2. The van der Waals surface area contributed by atoms with Crippen LogP contribution in [-0.4, -0.2) is 26.3 Å². The second-order valence-corrected chi connectivity index (χ2v) is 3.14. The van der Waals surface area contributed by atoms with E-state index in [4.69, 9.17) is 20.9 Å². The molecule has 8 nitrogen and oxygen atoms in total. The van der Waals surface area contributed by atoms with Crippen molar-refractivity contribution < 1.29 is 9.47 Å². The molecule has 0 bridgehead atoms. The largest absolute Gasteiger partial charge is 0.459 e. The average Bonchev–Trinajstić information content (AvgIpc) is 2.83. The zero-order valence-corrected chi connectivity index (χ0v) is 8.12. The molecule has 3 heterocycles. The topological polar surface area (TPSA) is 114 Å². The van der Waals surface area contributed by atoms with E-state index in [0.717, 1.165) is 0 Å². The fourth-order valence-corrected chi connectivity index (χ4v) is 1.46. The van der Waals surface area contributed by atoms with E-state index in [1.165, 1.54) is 12.6 Å². The second-order valence-electron chi connectivity index (χ2n) is 3.14. The maximum atomic E-state index is 5.67. The predicted octanol–water partition coefficient (Wildman–Crippen LogP) is -0.249. The molecule has 0 amide bonds. The number of nitrogen functional groups attached to an aromatic ring is 2. The molecule has 0 spiro atoms. The molecule has 8 heteroatoms. The Hall–Kier alpha value is -2.51. The number of hydrogen-bond acceptors (Lipinski definition) is 7. The quantitative estimate of drug-likeness (QED) is 0.680. The molecule has 0 radical (unpaired) electrons. The van der Waals surface area contributed by atoms with Gasteiger partial charge in [0.25, 0.3) is 0 Å². The molecular weight excluding hydrogens is 212 g/mol. The lowest BCUT2D eigenvalue weighted by Crippen LogP contribution is -2.03. The molecule has 3 rings (SSSR count). The van der Waals surface area contributed by atoms with Crippen molar-refractivity contribution in [2.45, 2.75) is 0 Å². The monoisotopic (exact) mass is 220 g/mol. The van der Waals surface area contributed by atoms with E-state index in [0.29, 0.717) is 17.0 Å². The van der Waals surface area contributed by atoms with Crippen LogP contribution in [0.4, 0.5) is 11.8 Å². The third kappa shape index (κ3) is 1.13. The number of imidazole rings is 1. The van der Waals surface area contributed by atoms with Crippen LogP contribution < -0.4 is 11.5 Å². The van der Waals surface area contributed by atoms with Gasteiger partial charge in [-0.15, -0.1) is 0 Å². The Morgan fingerprint density at radius 3 is 2.94 bits per heavy atom. The van der Waals surface area contributed by atoms with Crippen molar-refractivity contribution in [1.82, 2.24) is 19.5 Å². The van der Waals surface area contributed by atoms with Gasteiger partial charge in [0.15, 0.2) is 17.0 Å². The van der Waals surface area contributed by atoms with Crippen LogP contribution in [0.3, 0.4) is 0 Å². The number of nitrogens with zero attached hydrogens (tertiary/aromatic N) is 4. The minimum absolute atomic E-state index is 0.0891. The van der Waals surface area contributed by atoms with Gasteiger partial charge in [-0.3, -0.25) is 0 Å². The second kappa shape index (κ2) is 2.99. The van der Waals surface area contributed by atoms with Crippen molar-refractivity contribution in [3.8, 4) is 0 Å². The summed E-state index contributed by atoms with van der Waals surface area (Å²) in [6, 6.07) is 0. The molecule has 16 heavy (non-hydrogen) atoms. The van der Waals surface area contributed by atoms with Crippen molar-refractivity contribution in [2.75, 3.05) is 18.3 Å². The molecule has 82 valence electrons. The van der Waals surface area contributed by atoms with E-state index in [1.807, 2.05) is 0 Å². The van der Waals surface area contributed by atoms with Gasteiger partial charge in [0.2, 0.25) is 18.6 Å². The number of fused-ring (bicyclic) bond motifs is 1. The zero-order chi connectivity index (χ0) is 11.1. The first-order valence-electron chi connectivity index (χ1n) is 4.46. The highest BCUT2D eigenvalue weighted by Crippen LogP contribution is 2.22. The Morgan fingerprint density at radius 2 is 2.19 bits per heavy atom. The van der Waals surface area contributed by atoms with Crippen LogP contribution in [0.5, 0.6) is 0 Å². The van der Waals surface area contributed by atoms with Gasteiger partial charge in [0, 0.05) is 0 Å². The normalized spacial score (nSPS) is 14.6. The highest BCUT2D eigenvalue weighted by atomic mass is 16.7. The molecule has 2 aromatic heterocycles. The molecular formula is C8H8N6O2. The summed E-state index contributed by atoms with van der Waals surface area (Å²) in [7, 11) is 0. The lowest BCUT2D eigenvalue weighted by Gasteiger charge is -2.02. The van der Waals surface area contributed by atoms with Gasteiger partial charge in [-0.25, -0.2) is 9.55 Å². The number of aromatic nitrogens is 4. The van der Waals surface area contributed by atoms with Crippen LogP contribution in [0, 0.1) is 0 Å². The average molecular weight is 220 g/mol. The first-order chi connectivity index (χ1) is 7.75. The summed E-state index contributed by atoms with van der Waals surface area (Å²) in [6.45, 7) is 0.172. The molecule has 0 saturated heterocycles. The lowest BCUT2D eigenvalue weighted by molar-refractivity contribution is 0.0963. The van der Waals surface area contributed by atoms with Gasteiger partial charge in [0.05, 0.1) is 0 Å². The number of anilines is 2. The Kier molecular flexibility index (Phi) is 1.64. The fraction of sp³-hybridized carbons (Fsp3) is 0.125. The Bertz CT molecular complexity index is 589. The summed E-state index contributed by atoms with van der Waals surface area (Å²) >= 11 is 0. The third-order valence-corrected chi connectivity index (χ3v) is 2.14. The van der Waals surface area contributed by atoms with Crippen LogP contribution >= 0.6 is 0 Å². The zero-order valence-electron chi connectivity index (χ0n) is 8.12. The molecule has 0 unspecified atom stereocenters. The van der Waals surface area contributed by atoms with Gasteiger partial charge < -0.3 is 20.9 Å². The Balaban J connectivity index is 2.26. The van der Waals surface area contributed by atoms with Crippen LogP contribution in [-0.2, 0) is 9.47 Å². The van der Waals surface area contributed by atoms with Crippen LogP contribution in [0.2, 0.25) is 0 Å². The molecule has 0 aromatic carbocycles. The summed E-state index contributed by atoms with van der Waals surface area (Å²) in [4.78, 5) is 12.0. The SMILES string of the molecule is Nc1nc(N)c2ncn(C3=COCO3)c2n1. The van der Waals surface area contributed by atoms with Crippen molar-refractivity contribution in [1.29, 1.82) is 0 Å². The first-order valence-corrected chi connectivity index (χ1v) is 4.46. The summed E-state index contributed by atoms with van der Waals surface area (Å²) in [5, 5.41) is 0. The molecule has 1 aliphatic heterocycles. The summed E-state index contributed by atoms with van der Waals surface area (Å²) in [5.41, 5.74) is 12.2. The van der Waals surface area contributed by atoms with E-state index < -0.39 is 0 Å². The third-order valence-electron chi connectivity index (χ3n) is 2.14. The van der Waals surface area contributed by atoms with E-state index in [-0.39, 0.29) is 18.6 Å². The van der Waals surface area contributed by atoms with Gasteiger partial charge in [0.1, 0.15) is 12.6 Å². The van der Waals surface area contributed by atoms with Gasteiger partial charge in [-0.1, -0.05) is 0 Å². The molecule has 0 fully saturated rings. The summed E-state index contributed by atoms with van der Waals surface area (Å²) in [5.74, 6) is 0.812. The van der Waals surface area contributed by atoms with E-state index in [2.05, 4.69) is 15.0 Å². The molecule has 0 atom stereocenters. The van der Waals surface area contributed by atoms with Crippen LogP contribution in [0.25, 0.3) is 17.0 Å². The highest BCUT2D eigenvalue weighted by Gasteiger charge is 2.16. The van der Waals surface area contributed by atoms with Gasteiger partial charge in [-0.2, -0.15) is 9.97 Å². The highest BCUT2D eigenvalue weighted by molar-refractivity contribution is 5.84. The first kappa shape index (κ1) is 8.77. The molecule has 4 N–H and O–H groups in total. The van der Waals surface area contributed by atoms with E-state index in [1.54, 1.807) is 4.57 Å². The number of nitrogens with two attached hydrogens (primary N) is 2. The minimum Gasteiger partial charge on any atom is -0.459 e. The smallest absolute Gasteiger partial charge is 0.239 e. The maximum Gasteiger partial charge on any atom is 0.239 e. The fourth-order valence-electron chi connectivity index (χ4n) is 1.46. The Morgan fingerprint density at radius 1 is 1.31 bits per heavy atom. The van der Waals surface area contributed by atoms with Crippen molar-refractivity contribution in [3.63, 3.8) is 0 Å². The molecule has 0 saturated carbocycles. The van der Waals surface area contributed by atoms with Gasteiger partial charge in [-0.05, 0) is 0 Å². The van der Waals surface area contributed by atoms with Crippen LogP contribution in [0.1, 0.15) is 0 Å². The van der Waals surface area contributed by atoms with E-state index in [9.17, 15) is 0 Å². The summed E-state index contributed by atoms with van der Waals surface area (Å²) in [6.07, 6.45) is 2.99. The summed E-state index contributed by atoms with van der Waals surface area (Å²) < 4.78 is 11.8. The molecule has 1 aliphatic rings. The van der Waals surface area contributed by atoms with Crippen molar-refractivity contribution in [3.05, 3.63) is 12.6 Å². The standard InChI is InChI=1S/C8H8N6O2/c9-6-5-7(13-8(10)12-6)14(2-11-5)4-1-15-3-16-4/h1-2H,3H2,(H4,9,10,12,13). The molecule has 2 aromatic rings. The van der Waals surface area contributed by atoms with Crippen molar-refractivity contribution in [2.24, 2.45) is 0 Å². The molecule has 0 aliphatic carbocycles. The maximum absolute atomic E-state index is 5.67. The van der Waals surface area contributed by atoms with Gasteiger partial charge >= 0.3 is 0 Å². The minimum atomic E-state index is 0.0891. The Labute approximate surface area is 89.5 Å². The number of ether oxygens (including phenoxy) is 2. The van der Waals surface area contributed by atoms with Crippen LogP contribution in [0.15, 0.2) is 12.6 Å².